The molecule has 0 bridgehead atoms. The van der Waals surface area contributed by atoms with Crippen molar-refractivity contribution in [3.05, 3.63) is 136 Å². The summed E-state index contributed by atoms with van der Waals surface area (Å²) in [7, 11) is 3.44. The summed E-state index contributed by atoms with van der Waals surface area (Å²) in [6, 6.07) is 30.1. The summed E-state index contributed by atoms with van der Waals surface area (Å²) >= 11 is 0. The SMILES string of the molecule is CCN(C)C(=O)c1ccc(Nc2nc(-c3cccc(N(C(=O)c4ccc(C(C)(C)C)cc4)c4ccccc4)c3C)cn(C)c2=O)cc1. The number of hydrogen-bond acceptors (Lipinski definition) is 5. The lowest BCUT2D eigenvalue weighted by Crippen LogP contribution is -2.27. The van der Waals surface area contributed by atoms with Gasteiger partial charge in [-0.05, 0) is 85.0 Å². The molecule has 2 amide bonds. The molecule has 5 aromatic rings. The standard InChI is InChI=1S/C39H41N5O3/c1-8-42(6)36(45)27-19-23-30(24-20-27)40-35-38(47)43(7)25-33(41-35)32-15-12-16-34(26(32)2)44(31-13-10-9-11-14-31)37(46)28-17-21-29(22-18-28)39(3,4)5/h9-25H,8H2,1-7H3,(H,40,41). The van der Waals surface area contributed by atoms with E-state index in [1.807, 2.05) is 86.6 Å². The zero-order valence-electron chi connectivity index (χ0n) is 28.0. The summed E-state index contributed by atoms with van der Waals surface area (Å²) in [6.07, 6.45) is 1.70. The molecule has 1 N–H and O–H groups in total. The number of rotatable bonds is 8. The highest BCUT2D eigenvalue weighted by Crippen LogP contribution is 2.35. The van der Waals surface area contributed by atoms with Crippen molar-refractivity contribution >= 4 is 34.7 Å². The molecule has 0 unspecified atom stereocenters. The van der Waals surface area contributed by atoms with Crippen LogP contribution in [0, 0.1) is 6.92 Å². The summed E-state index contributed by atoms with van der Waals surface area (Å²) in [5, 5.41) is 3.14. The largest absolute Gasteiger partial charge is 0.342 e. The van der Waals surface area contributed by atoms with Gasteiger partial charge in [-0.3, -0.25) is 19.3 Å². The van der Waals surface area contributed by atoms with Gasteiger partial charge in [0.1, 0.15) is 0 Å². The molecule has 1 heterocycles. The minimum absolute atomic E-state index is 0.0315. The Morgan fingerprint density at radius 3 is 2.06 bits per heavy atom. The number of nitrogens with one attached hydrogen (secondary N) is 1. The first-order chi connectivity index (χ1) is 22.4. The van der Waals surface area contributed by atoms with Crippen LogP contribution >= 0.6 is 0 Å². The fraction of sp³-hybridized carbons (Fsp3) is 0.231. The summed E-state index contributed by atoms with van der Waals surface area (Å²) in [5.41, 5.74) is 6.21. The van der Waals surface area contributed by atoms with Gasteiger partial charge in [-0.2, -0.15) is 0 Å². The van der Waals surface area contributed by atoms with E-state index in [4.69, 9.17) is 4.98 Å². The maximum Gasteiger partial charge on any atom is 0.293 e. The van der Waals surface area contributed by atoms with Crippen molar-refractivity contribution in [2.45, 2.75) is 40.0 Å². The lowest BCUT2D eigenvalue weighted by molar-refractivity contribution is 0.0802. The second-order valence-corrected chi connectivity index (χ2v) is 12.7. The average molecular weight is 628 g/mol. The van der Waals surface area contributed by atoms with Crippen LogP contribution in [0.5, 0.6) is 0 Å². The molecule has 47 heavy (non-hydrogen) atoms. The summed E-state index contributed by atoms with van der Waals surface area (Å²) < 4.78 is 1.49. The lowest BCUT2D eigenvalue weighted by atomic mass is 9.86. The molecule has 0 atom stereocenters. The molecule has 0 aliphatic carbocycles. The number of carbonyl (C=O) groups is 2. The first-order valence-corrected chi connectivity index (χ1v) is 15.7. The molecule has 1 aromatic heterocycles. The van der Waals surface area contributed by atoms with Crippen molar-refractivity contribution in [1.82, 2.24) is 14.5 Å². The molecule has 8 heteroatoms. The zero-order chi connectivity index (χ0) is 33.9. The van der Waals surface area contributed by atoms with Gasteiger partial charge in [0, 0.05) is 54.9 Å². The Labute approximate surface area is 276 Å². The smallest absolute Gasteiger partial charge is 0.293 e. The third kappa shape index (κ3) is 7.02. The van der Waals surface area contributed by atoms with Crippen molar-refractivity contribution in [1.29, 1.82) is 0 Å². The molecule has 0 radical (unpaired) electrons. The predicted molar refractivity (Wildman–Crippen MR) is 190 cm³/mol. The van der Waals surface area contributed by atoms with Gasteiger partial charge in [-0.25, -0.2) is 4.98 Å². The molecule has 0 saturated heterocycles. The number of benzene rings is 4. The maximum atomic E-state index is 14.2. The first kappa shape index (κ1) is 32.9. The Balaban J connectivity index is 1.53. The van der Waals surface area contributed by atoms with Crippen molar-refractivity contribution in [2.75, 3.05) is 23.8 Å². The highest BCUT2D eigenvalue weighted by molar-refractivity contribution is 6.11. The van der Waals surface area contributed by atoms with Gasteiger partial charge in [0.25, 0.3) is 17.4 Å². The number of aromatic nitrogens is 2. The predicted octanol–water partition coefficient (Wildman–Crippen LogP) is 7.87. The third-order valence-corrected chi connectivity index (χ3v) is 8.32. The highest BCUT2D eigenvalue weighted by Gasteiger charge is 2.24. The van der Waals surface area contributed by atoms with E-state index < -0.39 is 0 Å². The van der Waals surface area contributed by atoms with E-state index in [-0.39, 0.29) is 28.6 Å². The van der Waals surface area contributed by atoms with Crippen molar-refractivity contribution in [2.24, 2.45) is 7.05 Å². The van der Waals surface area contributed by atoms with Gasteiger partial charge in [-0.15, -0.1) is 0 Å². The molecule has 8 nitrogen and oxygen atoms in total. The molecule has 0 aliphatic rings. The molecule has 5 rings (SSSR count). The second kappa shape index (κ2) is 13.5. The number of carbonyl (C=O) groups excluding carboxylic acids is 2. The van der Waals surface area contributed by atoms with E-state index in [0.717, 1.165) is 22.4 Å². The van der Waals surface area contributed by atoms with Crippen LogP contribution < -0.4 is 15.8 Å². The van der Waals surface area contributed by atoms with Crippen LogP contribution in [-0.2, 0) is 12.5 Å². The number of para-hydroxylation sites is 1. The fourth-order valence-corrected chi connectivity index (χ4v) is 5.34. The first-order valence-electron chi connectivity index (χ1n) is 15.7. The lowest BCUT2D eigenvalue weighted by Gasteiger charge is -2.26. The molecular formula is C39H41N5O3. The van der Waals surface area contributed by atoms with Crippen LogP contribution in [0.15, 0.2) is 108 Å². The van der Waals surface area contributed by atoms with Crippen molar-refractivity contribution in [3.8, 4) is 11.3 Å². The molecular weight excluding hydrogens is 586 g/mol. The van der Waals surface area contributed by atoms with Gasteiger partial charge in [0.05, 0.1) is 11.4 Å². The number of amides is 2. The fourth-order valence-electron chi connectivity index (χ4n) is 5.34. The topological polar surface area (TPSA) is 87.5 Å². The number of nitrogens with zero attached hydrogens (tertiary/aromatic N) is 4. The third-order valence-electron chi connectivity index (χ3n) is 8.32. The number of hydrogen-bond donors (Lipinski definition) is 1. The molecule has 0 fully saturated rings. The summed E-state index contributed by atoms with van der Waals surface area (Å²) in [4.78, 5) is 48.0. The average Bonchev–Trinajstić information content (AvgIpc) is 3.07. The summed E-state index contributed by atoms with van der Waals surface area (Å²) in [5.74, 6) is -0.0791. The molecule has 0 aliphatic heterocycles. The molecule has 0 saturated carbocycles. The molecule has 240 valence electrons. The van der Waals surface area contributed by atoms with Crippen molar-refractivity contribution in [3.63, 3.8) is 0 Å². The van der Waals surface area contributed by atoms with Crippen molar-refractivity contribution < 1.29 is 9.59 Å². The van der Waals surface area contributed by atoms with Gasteiger partial charge < -0.3 is 14.8 Å². The Kier molecular flexibility index (Phi) is 9.42. The Bertz CT molecular complexity index is 1960. The van der Waals surface area contributed by atoms with Gasteiger partial charge >= 0.3 is 0 Å². The van der Waals surface area contributed by atoms with E-state index >= 15 is 0 Å². The summed E-state index contributed by atoms with van der Waals surface area (Å²) in [6.45, 7) is 10.9. The van der Waals surface area contributed by atoms with Crippen LogP contribution in [0.3, 0.4) is 0 Å². The Morgan fingerprint density at radius 2 is 1.45 bits per heavy atom. The maximum absolute atomic E-state index is 14.2. The van der Waals surface area contributed by atoms with Gasteiger partial charge in [0.2, 0.25) is 0 Å². The Morgan fingerprint density at radius 1 is 0.830 bits per heavy atom. The molecule has 4 aromatic carbocycles. The van der Waals surface area contributed by atoms with E-state index in [1.165, 1.54) is 4.57 Å². The van der Waals surface area contributed by atoms with E-state index in [9.17, 15) is 14.4 Å². The zero-order valence-corrected chi connectivity index (χ0v) is 28.0. The van der Waals surface area contributed by atoms with E-state index in [1.54, 1.807) is 54.4 Å². The van der Waals surface area contributed by atoms with E-state index in [2.05, 4.69) is 26.1 Å². The number of aryl methyl sites for hydroxylation is 1. The van der Waals surface area contributed by atoms with Crippen LogP contribution in [-0.4, -0.2) is 39.9 Å². The van der Waals surface area contributed by atoms with Crippen LogP contribution in [0.25, 0.3) is 11.3 Å². The minimum atomic E-state index is -0.298. The molecule has 0 spiro atoms. The highest BCUT2D eigenvalue weighted by atomic mass is 16.2. The van der Waals surface area contributed by atoms with E-state index in [0.29, 0.717) is 34.7 Å². The van der Waals surface area contributed by atoms with Gasteiger partial charge in [-0.1, -0.05) is 63.2 Å². The minimum Gasteiger partial charge on any atom is -0.342 e. The van der Waals surface area contributed by atoms with Crippen LogP contribution in [0.1, 0.15) is 59.5 Å². The van der Waals surface area contributed by atoms with Gasteiger partial charge in [0.15, 0.2) is 5.82 Å². The number of anilines is 4. The monoisotopic (exact) mass is 627 g/mol. The van der Waals surface area contributed by atoms with Crippen LogP contribution in [0.2, 0.25) is 0 Å². The normalized spacial score (nSPS) is 11.2. The second-order valence-electron chi connectivity index (χ2n) is 12.7. The Hall–Kier alpha value is -5.50. The van der Waals surface area contributed by atoms with Crippen LogP contribution in [0.4, 0.5) is 22.9 Å². The quantitative estimate of drug-likeness (QED) is 0.189.